The Labute approximate surface area is 117 Å². The molecule has 0 heterocycles. The molecule has 8 heteroatoms. The molecule has 0 spiro atoms. The number of aliphatic hydroxyl groups excluding tert-OH is 1. The molecule has 1 aromatic carbocycles. The molecule has 0 amide bonds. The summed E-state index contributed by atoms with van der Waals surface area (Å²) in [7, 11) is 0. The summed E-state index contributed by atoms with van der Waals surface area (Å²) in [5, 5.41) is 11.7. The topological polar surface area (TPSA) is 32.3 Å². The van der Waals surface area contributed by atoms with E-state index in [2.05, 4.69) is 5.32 Å². The summed E-state index contributed by atoms with van der Waals surface area (Å²) in [6.07, 6.45) is -9.20. The molecule has 0 bridgehead atoms. The molecule has 120 valence electrons. The van der Waals surface area contributed by atoms with Crippen molar-refractivity contribution in [3.63, 3.8) is 0 Å². The molecule has 1 aromatic rings. The standard InChI is InChI=1S/C13H15F6NO/c1-2-11(7-21)20-6-8-3-9(12(14,15)16)5-10(4-8)13(17,18)19/h3-5,11,20-21H,2,6-7H2,1H3/t11-/m1/s1. The number of alkyl halides is 6. The number of halogens is 6. The molecule has 1 atom stereocenters. The highest BCUT2D eigenvalue weighted by Crippen LogP contribution is 2.36. The van der Waals surface area contributed by atoms with Gasteiger partial charge in [0.25, 0.3) is 0 Å². The zero-order valence-corrected chi connectivity index (χ0v) is 11.1. The first-order valence-electron chi connectivity index (χ1n) is 6.20. The van der Waals surface area contributed by atoms with Crippen LogP contribution in [0, 0.1) is 0 Å². The second-order valence-corrected chi connectivity index (χ2v) is 4.58. The SMILES string of the molecule is CC[C@H](CO)NCc1cc(C(F)(F)F)cc(C(F)(F)F)c1. The average Bonchev–Trinajstić information content (AvgIpc) is 2.37. The number of rotatable bonds is 5. The highest BCUT2D eigenvalue weighted by Gasteiger charge is 2.36. The van der Waals surface area contributed by atoms with E-state index in [1.54, 1.807) is 6.92 Å². The van der Waals surface area contributed by atoms with Crippen molar-refractivity contribution < 1.29 is 31.4 Å². The van der Waals surface area contributed by atoms with Gasteiger partial charge in [-0.25, -0.2) is 0 Å². The first-order valence-corrected chi connectivity index (χ1v) is 6.20. The molecule has 0 aliphatic carbocycles. The van der Waals surface area contributed by atoms with Gasteiger partial charge >= 0.3 is 12.4 Å². The third-order valence-corrected chi connectivity index (χ3v) is 2.96. The molecular weight excluding hydrogens is 300 g/mol. The summed E-state index contributed by atoms with van der Waals surface area (Å²) in [5.41, 5.74) is -2.82. The maximum atomic E-state index is 12.6. The van der Waals surface area contributed by atoms with Crippen LogP contribution < -0.4 is 5.32 Å². The number of nitrogens with one attached hydrogen (secondary N) is 1. The largest absolute Gasteiger partial charge is 0.416 e. The zero-order valence-electron chi connectivity index (χ0n) is 11.1. The Balaban J connectivity index is 3.08. The summed E-state index contributed by atoms with van der Waals surface area (Å²) in [6.45, 7) is 1.30. The summed E-state index contributed by atoms with van der Waals surface area (Å²) in [4.78, 5) is 0. The van der Waals surface area contributed by atoms with Gasteiger partial charge < -0.3 is 10.4 Å². The normalized spacial score (nSPS) is 14.3. The van der Waals surface area contributed by atoms with Crippen molar-refractivity contribution >= 4 is 0 Å². The van der Waals surface area contributed by atoms with Gasteiger partial charge in [0.05, 0.1) is 17.7 Å². The number of benzene rings is 1. The second-order valence-electron chi connectivity index (χ2n) is 4.58. The molecule has 0 unspecified atom stereocenters. The van der Waals surface area contributed by atoms with Gasteiger partial charge in [-0.1, -0.05) is 6.92 Å². The second kappa shape index (κ2) is 6.65. The molecule has 0 aliphatic rings. The summed E-state index contributed by atoms with van der Waals surface area (Å²) in [5.74, 6) is 0. The molecule has 0 fully saturated rings. The van der Waals surface area contributed by atoms with Crippen molar-refractivity contribution in [3.05, 3.63) is 34.9 Å². The van der Waals surface area contributed by atoms with Crippen LogP contribution in [0.2, 0.25) is 0 Å². The highest BCUT2D eigenvalue weighted by molar-refractivity contribution is 5.33. The fraction of sp³-hybridized carbons (Fsp3) is 0.538. The van der Waals surface area contributed by atoms with Crippen LogP contribution in [0.1, 0.15) is 30.0 Å². The highest BCUT2D eigenvalue weighted by atomic mass is 19.4. The Morgan fingerprint density at radius 2 is 1.48 bits per heavy atom. The zero-order chi connectivity index (χ0) is 16.3. The van der Waals surface area contributed by atoms with Gasteiger partial charge in [-0.05, 0) is 30.2 Å². The molecule has 0 aliphatic heterocycles. The molecule has 1 rings (SSSR count). The Hall–Kier alpha value is -1.28. The van der Waals surface area contributed by atoms with Crippen LogP contribution in [0.4, 0.5) is 26.3 Å². The van der Waals surface area contributed by atoms with Gasteiger partial charge in [0.1, 0.15) is 0 Å². The summed E-state index contributed by atoms with van der Waals surface area (Å²) in [6, 6.07) is 1.06. The van der Waals surface area contributed by atoms with Crippen molar-refractivity contribution in [3.8, 4) is 0 Å². The van der Waals surface area contributed by atoms with Gasteiger partial charge in [-0.3, -0.25) is 0 Å². The third-order valence-electron chi connectivity index (χ3n) is 2.96. The maximum absolute atomic E-state index is 12.6. The van der Waals surface area contributed by atoms with Crippen molar-refractivity contribution in [2.45, 2.75) is 38.3 Å². The molecule has 21 heavy (non-hydrogen) atoms. The van der Waals surface area contributed by atoms with E-state index in [0.29, 0.717) is 18.6 Å². The van der Waals surface area contributed by atoms with Gasteiger partial charge in [0.2, 0.25) is 0 Å². The first-order chi connectivity index (χ1) is 9.57. The van der Waals surface area contributed by atoms with Crippen LogP contribution in [0.3, 0.4) is 0 Å². The minimum atomic E-state index is -4.85. The summed E-state index contributed by atoms with van der Waals surface area (Å²) < 4.78 is 75.8. The van der Waals surface area contributed by atoms with E-state index in [1.807, 2.05) is 0 Å². The lowest BCUT2D eigenvalue weighted by molar-refractivity contribution is -0.143. The number of aliphatic hydroxyl groups is 1. The maximum Gasteiger partial charge on any atom is 0.416 e. The van der Waals surface area contributed by atoms with E-state index in [-0.39, 0.29) is 30.8 Å². The Morgan fingerprint density at radius 1 is 1.00 bits per heavy atom. The molecule has 0 saturated heterocycles. The van der Waals surface area contributed by atoms with Gasteiger partial charge in [0, 0.05) is 12.6 Å². The summed E-state index contributed by atoms with van der Waals surface area (Å²) >= 11 is 0. The molecule has 0 aromatic heterocycles. The Kier molecular flexibility index (Phi) is 5.63. The lowest BCUT2D eigenvalue weighted by atomic mass is 10.0. The van der Waals surface area contributed by atoms with E-state index in [9.17, 15) is 26.3 Å². The lowest BCUT2D eigenvalue weighted by Gasteiger charge is -2.17. The van der Waals surface area contributed by atoms with Crippen LogP contribution in [0.25, 0.3) is 0 Å². The van der Waals surface area contributed by atoms with Crippen LogP contribution in [-0.2, 0) is 18.9 Å². The predicted molar refractivity (Wildman–Crippen MR) is 64.5 cm³/mol. The number of hydrogen-bond acceptors (Lipinski definition) is 2. The fourth-order valence-electron chi connectivity index (χ4n) is 1.72. The van der Waals surface area contributed by atoms with Gasteiger partial charge in [0.15, 0.2) is 0 Å². The van der Waals surface area contributed by atoms with Crippen LogP contribution in [-0.4, -0.2) is 17.8 Å². The molecule has 0 saturated carbocycles. The minimum absolute atomic E-state index is 0.0901. The predicted octanol–water partition coefficient (Wildman–Crippen LogP) is 3.58. The van der Waals surface area contributed by atoms with Crippen molar-refractivity contribution in [2.75, 3.05) is 6.61 Å². The van der Waals surface area contributed by atoms with Crippen molar-refractivity contribution in [2.24, 2.45) is 0 Å². The van der Waals surface area contributed by atoms with E-state index >= 15 is 0 Å². The van der Waals surface area contributed by atoms with Gasteiger partial charge in [-0.2, -0.15) is 26.3 Å². The van der Waals surface area contributed by atoms with E-state index in [4.69, 9.17) is 5.11 Å². The molecule has 0 radical (unpaired) electrons. The monoisotopic (exact) mass is 315 g/mol. The Morgan fingerprint density at radius 3 is 1.81 bits per heavy atom. The lowest BCUT2D eigenvalue weighted by Crippen LogP contribution is -2.31. The molecule has 2 nitrogen and oxygen atoms in total. The smallest absolute Gasteiger partial charge is 0.395 e. The average molecular weight is 315 g/mol. The minimum Gasteiger partial charge on any atom is -0.395 e. The van der Waals surface area contributed by atoms with Crippen molar-refractivity contribution in [1.82, 2.24) is 5.32 Å². The fourth-order valence-corrected chi connectivity index (χ4v) is 1.72. The Bertz CT molecular complexity index is 432. The van der Waals surface area contributed by atoms with Crippen LogP contribution >= 0.6 is 0 Å². The van der Waals surface area contributed by atoms with Gasteiger partial charge in [-0.15, -0.1) is 0 Å². The third kappa shape index (κ3) is 5.20. The van der Waals surface area contributed by atoms with Crippen LogP contribution in [0.15, 0.2) is 18.2 Å². The first kappa shape index (κ1) is 17.8. The molecular formula is C13H15F6NO. The van der Waals surface area contributed by atoms with Crippen molar-refractivity contribution in [1.29, 1.82) is 0 Å². The van der Waals surface area contributed by atoms with E-state index < -0.39 is 23.5 Å². The molecule has 2 N–H and O–H groups in total. The van der Waals surface area contributed by atoms with Crippen LogP contribution in [0.5, 0.6) is 0 Å². The number of hydrogen-bond donors (Lipinski definition) is 2. The quantitative estimate of drug-likeness (QED) is 0.814. The van der Waals surface area contributed by atoms with E-state index in [0.717, 1.165) is 0 Å². The van der Waals surface area contributed by atoms with E-state index in [1.165, 1.54) is 0 Å².